The molecule has 1 saturated heterocycles. The first-order chi connectivity index (χ1) is 20.3. The summed E-state index contributed by atoms with van der Waals surface area (Å²) < 4.78 is 0. The van der Waals surface area contributed by atoms with Gasteiger partial charge in [-0.3, -0.25) is 19.4 Å². The van der Waals surface area contributed by atoms with E-state index in [9.17, 15) is 14.4 Å². The number of hydrogen-bond donors (Lipinski definition) is 5. The van der Waals surface area contributed by atoms with Gasteiger partial charge in [0.1, 0.15) is 0 Å². The van der Waals surface area contributed by atoms with Crippen molar-refractivity contribution in [1.82, 2.24) is 26.2 Å². The Morgan fingerprint density at radius 2 is 1.79 bits per heavy atom. The third kappa shape index (κ3) is 8.53. The van der Waals surface area contributed by atoms with Gasteiger partial charge < -0.3 is 31.9 Å². The van der Waals surface area contributed by atoms with Crippen LogP contribution >= 0.6 is 0 Å². The normalized spacial score (nSPS) is 18.3. The van der Waals surface area contributed by atoms with Crippen LogP contribution in [0.5, 0.6) is 0 Å². The SMILES string of the molecule is CN=C(N)NCCCC1NC(CNC(=O)c2ccc3ccccc3c2)CCN(CC(NC(C)=O)c2ccccc2)C1=O. The first-order valence-electron chi connectivity index (χ1n) is 14.4. The van der Waals surface area contributed by atoms with Crippen molar-refractivity contribution in [3.05, 3.63) is 83.9 Å². The number of nitrogens with one attached hydrogen (secondary N) is 4. The molecule has 10 heteroatoms. The molecule has 3 aromatic rings. The third-order valence-corrected chi connectivity index (χ3v) is 7.51. The molecule has 0 bridgehead atoms. The van der Waals surface area contributed by atoms with E-state index in [4.69, 9.17) is 5.73 Å². The van der Waals surface area contributed by atoms with Crippen molar-refractivity contribution >= 4 is 34.5 Å². The van der Waals surface area contributed by atoms with E-state index >= 15 is 0 Å². The average molecular weight is 572 g/mol. The largest absolute Gasteiger partial charge is 0.370 e. The van der Waals surface area contributed by atoms with E-state index in [1.54, 1.807) is 7.05 Å². The highest BCUT2D eigenvalue weighted by atomic mass is 16.2. The van der Waals surface area contributed by atoms with Gasteiger partial charge in [0.25, 0.3) is 5.91 Å². The van der Waals surface area contributed by atoms with Crippen LogP contribution in [0.4, 0.5) is 0 Å². The van der Waals surface area contributed by atoms with Crippen LogP contribution in [-0.2, 0) is 9.59 Å². The summed E-state index contributed by atoms with van der Waals surface area (Å²) in [6.45, 7) is 3.29. The van der Waals surface area contributed by atoms with E-state index in [0.29, 0.717) is 57.0 Å². The third-order valence-electron chi connectivity index (χ3n) is 7.51. The Bertz CT molecular complexity index is 1400. The molecule has 4 rings (SSSR count). The number of amides is 3. The van der Waals surface area contributed by atoms with Gasteiger partial charge in [-0.1, -0.05) is 60.7 Å². The van der Waals surface area contributed by atoms with Crippen molar-refractivity contribution in [1.29, 1.82) is 0 Å². The second-order valence-electron chi connectivity index (χ2n) is 10.6. The van der Waals surface area contributed by atoms with Crippen molar-refractivity contribution < 1.29 is 14.4 Å². The molecule has 10 nitrogen and oxygen atoms in total. The van der Waals surface area contributed by atoms with Gasteiger partial charge in [0.05, 0.1) is 12.1 Å². The van der Waals surface area contributed by atoms with Crippen molar-refractivity contribution in [2.75, 3.05) is 33.2 Å². The van der Waals surface area contributed by atoms with Crippen LogP contribution < -0.4 is 27.0 Å². The summed E-state index contributed by atoms with van der Waals surface area (Å²) >= 11 is 0. The van der Waals surface area contributed by atoms with Crippen molar-refractivity contribution in [3.8, 4) is 0 Å². The molecule has 3 amide bonds. The summed E-state index contributed by atoms with van der Waals surface area (Å²) in [7, 11) is 1.62. The highest BCUT2D eigenvalue weighted by molar-refractivity contribution is 5.98. The number of guanidine groups is 1. The lowest BCUT2D eigenvalue weighted by Gasteiger charge is -2.29. The van der Waals surface area contributed by atoms with Crippen LogP contribution in [0.15, 0.2) is 77.8 Å². The first-order valence-corrected chi connectivity index (χ1v) is 14.4. The van der Waals surface area contributed by atoms with Crippen LogP contribution in [0.3, 0.4) is 0 Å². The number of carbonyl (C=O) groups excluding carboxylic acids is 3. The fourth-order valence-corrected chi connectivity index (χ4v) is 5.27. The lowest BCUT2D eigenvalue weighted by molar-refractivity contribution is -0.133. The van der Waals surface area contributed by atoms with Gasteiger partial charge in [0, 0.05) is 51.8 Å². The van der Waals surface area contributed by atoms with E-state index in [-0.39, 0.29) is 29.8 Å². The molecule has 0 aliphatic carbocycles. The molecular weight excluding hydrogens is 530 g/mol. The second-order valence-corrected chi connectivity index (χ2v) is 10.6. The summed E-state index contributed by atoms with van der Waals surface area (Å²) in [4.78, 5) is 44.6. The molecular formula is C32H41N7O3. The quantitative estimate of drug-likeness (QED) is 0.136. The predicted octanol–water partition coefficient (Wildman–Crippen LogP) is 2.32. The van der Waals surface area contributed by atoms with Gasteiger partial charge in [-0.15, -0.1) is 0 Å². The monoisotopic (exact) mass is 571 g/mol. The Kier molecular flexibility index (Phi) is 10.9. The number of nitrogens with zero attached hydrogens (tertiary/aromatic N) is 2. The maximum Gasteiger partial charge on any atom is 0.251 e. The molecule has 0 aromatic heterocycles. The zero-order valence-electron chi connectivity index (χ0n) is 24.3. The van der Waals surface area contributed by atoms with Gasteiger partial charge in [0.2, 0.25) is 11.8 Å². The Morgan fingerprint density at radius 3 is 2.52 bits per heavy atom. The molecule has 1 heterocycles. The summed E-state index contributed by atoms with van der Waals surface area (Å²) in [6.07, 6.45) is 1.91. The second kappa shape index (κ2) is 15.0. The highest BCUT2D eigenvalue weighted by Crippen LogP contribution is 2.19. The highest BCUT2D eigenvalue weighted by Gasteiger charge is 2.32. The molecule has 0 radical (unpaired) electrons. The molecule has 1 aliphatic rings. The van der Waals surface area contributed by atoms with E-state index in [1.165, 1.54) is 6.92 Å². The predicted molar refractivity (Wildman–Crippen MR) is 166 cm³/mol. The number of rotatable bonds is 11. The molecule has 42 heavy (non-hydrogen) atoms. The van der Waals surface area contributed by atoms with Crippen molar-refractivity contribution in [3.63, 3.8) is 0 Å². The van der Waals surface area contributed by atoms with Gasteiger partial charge >= 0.3 is 0 Å². The molecule has 0 spiro atoms. The summed E-state index contributed by atoms with van der Waals surface area (Å²) in [5, 5.41) is 14.7. The zero-order valence-corrected chi connectivity index (χ0v) is 24.3. The van der Waals surface area contributed by atoms with Gasteiger partial charge in [-0.05, 0) is 47.7 Å². The van der Waals surface area contributed by atoms with E-state index in [0.717, 1.165) is 16.3 Å². The Labute approximate surface area is 247 Å². The average Bonchev–Trinajstić information content (AvgIpc) is 3.15. The van der Waals surface area contributed by atoms with Crippen LogP contribution in [0.1, 0.15) is 48.1 Å². The van der Waals surface area contributed by atoms with Crippen molar-refractivity contribution in [2.24, 2.45) is 10.7 Å². The minimum Gasteiger partial charge on any atom is -0.370 e. The number of aliphatic imine (C=N–C) groups is 1. The fourth-order valence-electron chi connectivity index (χ4n) is 5.27. The zero-order chi connectivity index (χ0) is 29.9. The molecule has 3 atom stereocenters. The van der Waals surface area contributed by atoms with Crippen LogP contribution in [0.25, 0.3) is 10.8 Å². The van der Waals surface area contributed by atoms with Gasteiger partial charge in [0.15, 0.2) is 5.96 Å². The van der Waals surface area contributed by atoms with Gasteiger partial charge in [-0.2, -0.15) is 0 Å². The number of nitrogens with two attached hydrogens (primary N) is 1. The molecule has 0 saturated carbocycles. The molecule has 1 aliphatic heterocycles. The Balaban J connectivity index is 1.45. The molecule has 1 fully saturated rings. The van der Waals surface area contributed by atoms with Crippen molar-refractivity contribution in [2.45, 2.75) is 44.3 Å². The molecule has 6 N–H and O–H groups in total. The fraction of sp³-hybridized carbons (Fsp3) is 0.375. The topological polar surface area (TPSA) is 141 Å². The maximum atomic E-state index is 13.8. The summed E-state index contributed by atoms with van der Waals surface area (Å²) in [5.74, 6) is 0.0185. The number of benzene rings is 3. The molecule has 3 unspecified atom stereocenters. The standard InChI is InChI=1S/C32H41N7O3/c1-22(40)37-29(24-10-4-3-5-11-24)21-39-18-16-27(38-28(31(39)42)13-8-17-35-32(33)34-2)20-36-30(41)26-15-14-23-9-6-7-12-25(23)19-26/h3-7,9-12,14-15,19,27-29,38H,8,13,16-18,20-21H2,1-2H3,(H,36,41)(H,37,40)(H3,33,34,35). The van der Waals surface area contributed by atoms with E-state index < -0.39 is 6.04 Å². The summed E-state index contributed by atoms with van der Waals surface area (Å²) in [5.41, 5.74) is 7.29. The van der Waals surface area contributed by atoms with E-state index in [1.807, 2.05) is 77.7 Å². The van der Waals surface area contributed by atoms with Crippen LogP contribution in [0.2, 0.25) is 0 Å². The Hall–Kier alpha value is -4.44. The molecule has 222 valence electrons. The van der Waals surface area contributed by atoms with Crippen LogP contribution in [-0.4, -0.2) is 73.9 Å². The first kappa shape index (κ1) is 30.5. The minimum atomic E-state index is -0.453. The lowest BCUT2D eigenvalue weighted by Crippen LogP contribution is -2.50. The van der Waals surface area contributed by atoms with E-state index in [2.05, 4.69) is 26.3 Å². The number of fused-ring (bicyclic) bond motifs is 1. The lowest BCUT2D eigenvalue weighted by atomic mass is 10.0. The maximum absolute atomic E-state index is 13.8. The number of carbonyl (C=O) groups is 3. The minimum absolute atomic E-state index is 0.0261. The smallest absolute Gasteiger partial charge is 0.251 e. The number of hydrogen-bond acceptors (Lipinski definition) is 5. The molecule has 3 aromatic carbocycles. The summed E-state index contributed by atoms with van der Waals surface area (Å²) in [6, 6.07) is 22.4. The van der Waals surface area contributed by atoms with Crippen LogP contribution in [0, 0.1) is 0 Å². The Morgan fingerprint density at radius 1 is 1.05 bits per heavy atom. The van der Waals surface area contributed by atoms with Gasteiger partial charge in [-0.25, -0.2) is 0 Å².